The van der Waals surface area contributed by atoms with Crippen LogP contribution in [0.25, 0.3) is 0 Å². The van der Waals surface area contributed by atoms with Gasteiger partial charge in [-0.15, -0.1) is 0 Å². The van der Waals surface area contributed by atoms with Crippen molar-refractivity contribution in [2.75, 3.05) is 19.7 Å². The first-order chi connectivity index (χ1) is 7.53. The van der Waals surface area contributed by atoms with Crippen molar-refractivity contribution in [2.45, 2.75) is 45.6 Å². The van der Waals surface area contributed by atoms with Gasteiger partial charge in [0.1, 0.15) is 0 Å². The minimum atomic E-state index is 0.0948. The monoisotopic (exact) mass is 228 g/mol. The first kappa shape index (κ1) is 13.5. The average molecular weight is 228 g/mol. The topological polar surface area (TPSA) is 61.4 Å². The predicted octanol–water partition coefficient (Wildman–Crippen LogP) is 0.653. The average Bonchev–Trinajstić information content (AvgIpc) is 2.40. The number of aliphatic hydroxyl groups excluding tert-OH is 1. The van der Waals surface area contributed by atoms with E-state index in [0.29, 0.717) is 12.5 Å². The first-order valence-electron chi connectivity index (χ1n) is 6.14. The van der Waals surface area contributed by atoms with Gasteiger partial charge >= 0.3 is 0 Å². The van der Waals surface area contributed by atoms with Crippen LogP contribution in [0.15, 0.2) is 0 Å². The summed E-state index contributed by atoms with van der Waals surface area (Å²) >= 11 is 0. The van der Waals surface area contributed by atoms with Crippen molar-refractivity contribution in [1.29, 1.82) is 0 Å². The van der Waals surface area contributed by atoms with E-state index in [9.17, 15) is 4.79 Å². The summed E-state index contributed by atoms with van der Waals surface area (Å²) in [4.78, 5) is 11.4. The number of carbonyl (C=O) groups is 1. The van der Waals surface area contributed by atoms with Crippen molar-refractivity contribution in [1.82, 2.24) is 10.6 Å². The molecule has 1 fully saturated rings. The summed E-state index contributed by atoms with van der Waals surface area (Å²) < 4.78 is 0. The number of aliphatic hydroxyl groups is 1. The van der Waals surface area contributed by atoms with Gasteiger partial charge in [-0.1, -0.05) is 13.8 Å². The maximum atomic E-state index is 11.4. The molecule has 0 aromatic rings. The summed E-state index contributed by atoms with van der Waals surface area (Å²) in [6.45, 7) is 6.14. The Labute approximate surface area is 97.8 Å². The van der Waals surface area contributed by atoms with Crippen LogP contribution in [0.2, 0.25) is 0 Å². The molecule has 0 aromatic carbocycles. The van der Waals surface area contributed by atoms with E-state index in [4.69, 9.17) is 5.11 Å². The lowest BCUT2D eigenvalue weighted by molar-refractivity contribution is -0.121. The highest BCUT2D eigenvalue weighted by Crippen LogP contribution is 2.19. The van der Waals surface area contributed by atoms with Gasteiger partial charge < -0.3 is 15.7 Å². The smallest absolute Gasteiger partial charge is 0.221 e. The van der Waals surface area contributed by atoms with Crippen molar-refractivity contribution in [3.63, 3.8) is 0 Å². The molecule has 1 rings (SSSR count). The van der Waals surface area contributed by atoms with E-state index in [1.807, 2.05) is 0 Å². The molecule has 1 amide bonds. The van der Waals surface area contributed by atoms with Crippen LogP contribution in [0.3, 0.4) is 0 Å². The molecule has 1 aliphatic heterocycles. The van der Waals surface area contributed by atoms with Gasteiger partial charge in [0.15, 0.2) is 0 Å². The van der Waals surface area contributed by atoms with E-state index in [1.54, 1.807) is 0 Å². The number of amides is 1. The second kappa shape index (κ2) is 6.21. The molecule has 0 spiro atoms. The fourth-order valence-electron chi connectivity index (χ4n) is 1.96. The number of nitrogens with one attached hydrogen (secondary N) is 2. The van der Waals surface area contributed by atoms with E-state index in [0.717, 1.165) is 32.4 Å². The molecule has 1 saturated heterocycles. The number of hydrogen-bond acceptors (Lipinski definition) is 3. The van der Waals surface area contributed by atoms with E-state index in [1.165, 1.54) is 0 Å². The zero-order chi connectivity index (χ0) is 12.0. The van der Waals surface area contributed by atoms with Gasteiger partial charge in [-0.05, 0) is 24.7 Å². The number of rotatable bonds is 5. The zero-order valence-electron chi connectivity index (χ0n) is 10.4. The molecule has 0 saturated carbocycles. The third kappa shape index (κ3) is 4.94. The molecule has 4 heteroatoms. The van der Waals surface area contributed by atoms with Crippen LogP contribution in [-0.4, -0.2) is 36.8 Å². The highest BCUT2D eigenvalue weighted by atomic mass is 16.3. The third-order valence-corrected chi connectivity index (χ3v) is 3.14. The molecule has 3 N–H and O–H groups in total. The lowest BCUT2D eigenvalue weighted by atomic mass is 9.89. The van der Waals surface area contributed by atoms with Crippen LogP contribution in [0, 0.1) is 5.41 Å². The summed E-state index contributed by atoms with van der Waals surface area (Å²) in [5, 5.41) is 15.3. The summed E-state index contributed by atoms with van der Waals surface area (Å²) in [5.41, 5.74) is 0.0948. The maximum Gasteiger partial charge on any atom is 0.221 e. The fourth-order valence-corrected chi connectivity index (χ4v) is 1.96. The quantitative estimate of drug-likeness (QED) is 0.647. The molecule has 94 valence electrons. The van der Waals surface area contributed by atoms with Crippen LogP contribution in [0.4, 0.5) is 0 Å². The van der Waals surface area contributed by atoms with Crippen LogP contribution in [0.1, 0.15) is 39.5 Å². The molecule has 1 aliphatic rings. The van der Waals surface area contributed by atoms with Crippen molar-refractivity contribution >= 4 is 5.91 Å². The van der Waals surface area contributed by atoms with Gasteiger partial charge in [0, 0.05) is 32.2 Å². The zero-order valence-corrected chi connectivity index (χ0v) is 10.4. The standard InChI is InChI=1S/C12H24N2O2/c1-12(2,5-7-15)9-14-10-4-3-6-13-11(16)8-10/h10,14-15H,3-9H2,1-2H3,(H,13,16). The molecule has 4 nitrogen and oxygen atoms in total. The molecule has 16 heavy (non-hydrogen) atoms. The molecule has 0 radical (unpaired) electrons. The minimum Gasteiger partial charge on any atom is -0.396 e. The maximum absolute atomic E-state index is 11.4. The van der Waals surface area contributed by atoms with E-state index >= 15 is 0 Å². The number of hydrogen-bond donors (Lipinski definition) is 3. The molecule has 1 unspecified atom stereocenters. The Balaban J connectivity index is 2.32. The van der Waals surface area contributed by atoms with Gasteiger partial charge in [0.05, 0.1) is 0 Å². The summed E-state index contributed by atoms with van der Waals surface area (Å²) in [5.74, 6) is 0.148. The lowest BCUT2D eigenvalue weighted by Gasteiger charge is -2.27. The summed E-state index contributed by atoms with van der Waals surface area (Å²) in [6.07, 6.45) is 3.46. The molecule has 0 aromatic heterocycles. The Bertz CT molecular complexity index is 229. The van der Waals surface area contributed by atoms with Gasteiger partial charge in [-0.25, -0.2) is 0 Å². The predicted molar refractivity (Wildman–Crippen MR) is 64.1 cm³/mol. The Hall–Kier alpha value is -0.610. The van der Waals surface area contributed by atoms with Gasteiger partial charge in [-0.3, -0.25) is 4.79 Å². The van der Waals surface area contributed by atoms with E-state index in [-0.39, 0.29) is 17.9 Å². The van der Waals surface area contributed by atoms with Gasteiger partial charge in [-0.2, -0.15) is 0 Å². The van der Waals surface area contributed by atoms with Gasteiger partial charge in [0.25, 0.3) is 0 Å². The molecule has 0 bridgehead atoms. The van der Waals surface area contributed by atoms with Crippen LogP contribution < -0.4 is 10.6 Å². The molecule has 1 atom stereocenters. The third-order valence-electron chi connectivity index (χ3n) is 3.14. The fraction of sp³-hybridized carbons (Fsp3) is 0.917. The first-order valence-corrected chi connectivity index (χ1v) is 6.14. The summed E-state index contributed by atoms with van der Waals surface area (Å²) in [7, 11) is 0. The lowest BCUT2D eigenvalue weighted by Crippen LogP contribution is -2.39. The Morgan fingerprint density at radius 1 is 1.56 bits per heavy atom. The van der Waals surface area contributed by atoms with E-state index in [2.05, 4.69) is 24.5 Å². The van der Waals surface area contributed by atoms with Crippen LogP contribution >= 0.6 is 0 Å². The van der Waals surface area contributed by atoms with Crippen molar-refractivity contribution in [3.05, 3.63) is 0 Å². The second-order valence-corrected chi connectivity index (χ2v) is 5.41. The molecule has 1 heterocycles. The largest absolute Gasteiger partial charge is 0.396 e. The Morgan fingerprint density at radius 2 is 2.31 bits per heavy atom. The molecular formula is C12H24N2O2. The second-order valence-electron chi connectivity index (χ2n) is 5.41. The van der Waals surface area contributed by atoms with Crippen molar-refractivity contribution in [3.8, 4) is 0 Å². The molecule has 0 aliphatic carbocycles. The SMILES string of the molecule is CC(C)(CCO)CNC1CCCNC(=O)C1. The van der Waals surface area contributed by atoms with Crippen LogP contribution in [0.5, 0.6) is 0 Å². The molecular weight excluding hydrogens is 204 g/mol. The van der Waals surface area contributed by atoms with Crippen LogP contribution in [-0.2, 0) is 4.79 Å². The Kier molecular flexibility index (Phi) is 5.22. The minimum absolute atomic E-state index is 0.0948. The highest BCUT2D eigenvalue weighted by Gasteiger charge is 2.21. The highest BCUT2D eigenvalue weighted by molar-refractivity contribution is 5.76. The Morgan fingerprint density at radius 3 is 3.00 bits per heavy atom. The normalized spacial score (nSPS) is 22.7. The summed E-state index contributed by atoms with van der Waals surface area (Å²) in [6, 6.07) is 0.292. The van der Waals surface area contributed by atoms with Crippen molar-refractivity contribution in [2.24, 2.45) is 5.41 Å². The number of carbonyl (C=O) groups excluding carboxylic acids is 1. The van der Waals surface area contributed by atoms with E-state index < -0.39 is 0 Å². The van der Waals surface area contributed by atoms with Gasteiger partial charge in [0.2, 0.25) is 5.91 Å². The van der Waals surface area contributed by atoms with Crippen molar-refractivity contribution < 1.29 is 9.90 Å².